The fourth-order valence-electron chi connectivity index (χ4n) is 2.73. The van der Waals surface area contributed by atoms with E-state index in [1.807, 2.05) is 5.32 Å². The fourth-order valence-corrected chi connectivity index (χ4v) is 2.73. The minimum atomic E-state index is -5.13. The summed E-state index contributed by atoms with van der Waals surface area (Å²) in [5.41, 5.74) is -3.07. The Morgan fingerprint density at radius 1 is 1.21 bits per heavy atom. The van der Waals surface area contributed by atoms with E-state index in [4.69, 9.17) is 4.42 Å². The van der Waals surface area contributed by atoms with E-state index in [0.29, 0.717) is 5.56 Å². The molecule has 3 rings (SSSR count). The number of hydrogen-bond acceptors (Lipinski definition) is 4. The molecule has 0 fully saturated rings. The molecule has 6 nitrogen and oxygen atoms in total. The lowest BCUT2D eigenvalue weighted by molar-refractivity contribution is -0.200. The first-order chi connectivity index (χ1) is 13.2. The average Bonchev–Trinajstić information content (AvgIpc) is 3.24. The van der Waals surface area contributed by atoms with Gasteiger partial charge in [-0.05, 0) is 12.1 Å². The molecule has 1 aliphatic heterocycles. The van der Waals surface area contributed by atoms with Crippen LogP contribution in [0.5, 0.6) is 0 Å². The van der Waals surface area contributed by atoms with Gasteiger partial charge in [0.15, 0.2) is 0 Å². The third-order valence-corrected chi connectivity index (χ3v) is 4.25. The van der Waals surface area contributed by atoms with E-state index in [9.17, 15) is 22.8 Å². The van der Waals surface area contributed by atoms with Gasteiger partial charge in [0, 0.05) is 11.5 Å². The second-order valence-electron chi connectivity index (χ2n) is 6.62. The molecule has 1 aromatic heterocycles. The van der Waals surface area contributed by atoms with Crippen molar-refractivity contribution in [3.63, 3.8) is 0 Å². The van der Waals surface area contributed by atoms with Crippen molar-refractivity contribution in [2.24, 2.45) is 10.9 Å². The van der Waals surface area contributed by atoms with Gasteiger partial charge in [0.25, 0.3) is 5.91 Å². The van der Waals surface area contributed by atoms with Gasteiger partial charge in [0.1, 0.15) is 11.6 Å². The highest BCUT2D eigenvalue weighted by molar-refractivity contribution is 6.16. The number of furan rings is 1. The normalized spacial score (nSPS) is 19.9. The first-order valence-corrected chi connectivity index (χ1v) is 8.54. The van der Waals surface area contributed by atoms with Gasteiger partial charge in [0.05, 0.1) is 12.8 Å². The minimum Gasteiger partial charge on any atom is -0.467 e. The largest absolute Gasteiger partial charge is 0.467 e. The molecule has 28 heavy (non-hydrogen) atoms. The zero-order chi connectivity index (χ0) is 20.5. The number of nitrogens with zero attached hydrogens (tertiary/aromatic N) is 2. The van der Waals surface area contributed by atoms with Gasteiger partial charge in [0.2, 0.25) is 5.91 Å². The summed E-state index contributed by atoms with van der Waals surface area (Å²) < 4.78 is 47.3. The maximum absolute atomic E-state index is 14.0. The highest BCUT2D eigenvalue weighted by Crippen LogP contribution is 2.39. The number of amidine groups is 1. The van der Waals surface area contributed by atoms with E-state index in [1.165, 1.54) is 38.3 Å². The van der Waals surface area contributed by atoms with Gasteiger partial charge in [-0.3, -0.25) is 14.5 Å². The Hall–Kier alpha value is -3.10. The lowest BCUT2D eigenvalue weighted by atomic mass is 10.1. The van der Waals surface area contributed by atoms with Gasteiger partial charge in [-0.25, -0.2) is 4.99 Å². The number of amides is 2. The molecular weight excluding hydrogens is 375 g/mol. The molecule has 0 aliphatic carbocycles. The number of alkyl halides is 3. The van der Waals surface area contributed by atoms with Crippen LogP contribution >= 0.6 is 0 Å². The monoisotopic (exact) mass is 393 g/mol. The lowest BCUT2D eigenvalue weighted by Gasteiger charge is -2.29. The van der Waals surface area contributed by atoms with Crippen molar-refractivity contribution in [2.75, 3.05) is 0 Å². The third-order valence-electron chi connectivity index (χ3n) is 4.25. The number of rotatable bonds is 5. The Kier molecular flexibility index (Phi) is 5.01. The van der Waals surface area contributed by atoms with Gasteiger partial charge in [-0.1, -0.05) is 44.2 Å². The summed E-state index contributed by atoms with van der Waals surface area (Å²) in [5.74, 6) is -2.99. The lowest BCUT2D eigenvalue weighted by Crippen LogP contribution is -2.63. The van der Waals surface area contributed by atoms with Crippen molar-refractivity contribution in [1.29, 1.82) is 0 Å². The highest BCUT2D eigenvalue weighted by Gasteiger charge is 2.67. The zero-order valence-electron chi connectivity index (χ0n) is 15.2. The van der Waals surface area contributed by atoms with Gasteiger partial charge < -0.3 is 9.73 Å². The second-order valence-corrected chi connectivity index (χ2v) is 6.62. The average molecular weight is 393 g/mol. The number of hydrogen-bond donors (Lipinski definition) is 1. The molecule has 1 atom stereocenters. The predicted molar refractivity (Wildman–Crippen MR) is 94.0 cm³/mol. The van der Waals surface area contributed by atoms with Crippen LogP contribution in [0.1, 0.15) is 25.2 Å². The van der Waals surface area contributed by atoms with Crippen LogP contribution in [-0.2, 0) is 16.1 Å². The van der Waals surface area contributed by atoms with Crippen molar-refractivity contribution in [3.8, 4) is 0 Å². The molecule has 1 aliphatic rings. The standard InChI is InChI=1S/C19H18F3N3O3/c1-12(2)16(26)24-18(19(20,21)22)17(27)25(11-14-9-6-10-28-14)15(23-18)13-7-4-3-5-8-13/h3-10,12H,11H2,1-2H3,(H,24,26). The van der Waals surface area contributed by atoms with E-state index >= 15 is 0 Å². The molecule has 0 saturated heterocycles. The molecular formula is C19H18F3N3O3. The molecule has 0 bridgehead atoms. The van der Waals surface area contributed by atoms with Crippen LogP contribution in [0.4, 0.5) is 13.2 Å². The van der Waals surface area contributed by atoms with E-state index in [0.717, 1.165) is 4.90 Å². The summed E-state index contributed by atoms with van der Waals surface area (Å²) in [6, 6.07) is 11.1. The molecule has 1 N–H and O–H groups in total. The first kappa shape index (κ1) is 19.7. The summed E-state index contributed by atoms with van der Waals surface area (Å²) in [5, 5.41) is 1.82. The van der Waals surface area contributed by atoms with Crippen molar-refractivity contribution in [1.82, 2.24) is 10.2 Å². The van der Waals surface area contributed by atoms with Crippen LogP contribution in [0.3, 0.4) is 0 Å². The molecule has 1 aromatic carbocycles. The summed E-state index contributed by atoms with van der Waals surface area (Å²) in [4.78, 5) is 29.7. The SMILES string of the molecule is CC(C)C(=O)NC1(C(F)(F)F)N=C(c2ccccc2)N(Cc2ccco2)C1=O. The topological polar surface area (TPSA) is 74.9 Å². The Labute approximate surface area is 159 Å². The molecule has 0 saturated carbocycles. The molecule has 9 heteroatoms. The first-order valence-electron chi connectivity index (χ1n) is 8.54. The van der Waals surface area contributed by atoms with Crippen molar-refractivity contribution < 1.29 is 27.2 Å². The van der Waals surface area contributed by atoms with E-state index < -0.39 is 29.6 Å². The van der Waals surface area contributed by atoms with Gasteiger partial charge in [-0.15, -0.1) is 0 Å². The van der Waals surface area contributed by atoms with Crippen LogP contribution in [0.2, 0.25) is 0 Å². The van der Waals surface area contributed by atoms with Gasteiger partial charge in [-0.2, -0.15) is 13.2 Å². The predicted octanol–water partition coefficient (Wildman–Crippen LogP) is 3.10. The summed E-state index contributed by atoms with van der Waals surface area (Å²) in [7, 11) is 0. The van der Waals surface area contributed by atoms with Crippen LogP contribution in [0, 0.1) is 5.92 Å². The summed E-state index contributed by atoms with van der Waals surface area (Å²) >= 11 is 0. The number of carbonyl (C=O) groups excluding carboxylic acids is 2. The molecule has 2 aromatic rings. The second kappa shape index (κ2) is 7.14. The number of aliphatic imine (C=N–C) groups is 1. The van der Waals surface area contributed by atoms with E-state index in [1.54, 1.807) is 24.3 Å². The van der Waals surface area contributed by atoms with Crippen LogP contribution in [-0.4, -0.2) is 34.4 Å². The Morgan fingerprint density at radius 3 is 2.43 bits per heavy atom. The molecule has 148 valence electrons. The number of nitrogens with one attached hydrogen (secondary N) is 1. The Bertz CT molecular complexity index is 892. The smallest absolute Gasteiger partial charge is 0.442 e. The quantitative estimate of drug-likeness (QED) is 0.848. The molecule has 2 amide bonds. The molecule has 2 heterocycles. The minimum absolute atomic E-state index is 0.191. The van der Waals surface area contributed by atoms with Crippen LogP contribution in [0.15, 0.2) is 58.1 Å². The van der Waals surface area contributed by atoms with Crippen LogP contribution < -0.4 is 5.32 Å². The zero-order valence-corrected chi connectivity index (χ0v) is 15.2. The maximum atomic E-state index is 14.0. The molecule has 0 radical (unpaired) electrons. The van der Waals surface area contributed by atoms with Gasteiger partial charge >= 0.3 is 11.8 Å². The summed E-state index contributed by atoms with van der Waals surface area (Å²) in [6.07, 6.45) is -3.78. The van der Waals surface area contributed by atoms with Crippen molar-refractivity contribution in [2.45, 2.75) is 32.2 Å². The Balaban J connectivity index is 2.12. The molecule has 0 spiro atoms. The molecule has 1 unspecified atom stereocenters. The van der Waals surface area contributed by atoms with Crippen LogP contribution in [0.25, 0.3) is 0 Å². The Morgan fingerprint density at radius 2 is 1.89 bits per heavy atom. The summed E-state index contributed by atoms with van der Waals surface area (Å²) in [6.45, 7) is 2.61. The maximum Gasteiger partial charge on any atom is 0.442 e. The fraction of sp³-hybridized carbons (Fsp3) is 0.316. The van der Waals surface area contributed by atoms with Crippen molar-refractivity contribution >= 4 is 17.6 Å². The number of halogens is 3. The number of carbonyl (C=O) groups is 2. The highest BCUT2D eigenvalue weighted by atomic mass is 19.4. The van der Waals surface area contributed by atoms with Crippen molar-refractivity contribution in [3.05, 3.63) is 60.1 Å². The van der Waals surface area contributed by atoms with E-state index in [2.05, 4.69) is 4.99 Å². The van der Waals surface area contributed by atoms with E-state index in [-0.39, 0.29) is 18.1 Å². The number of benzene rings is 1. The third kappa shape index (κ3) is 3.39.